The maximum atomic E-state index is 11.0. The van der Waals surface area contributed by atoms with Crippen LogP contribution in [0.3, 0.4) is 0 Å². The molecule has 0 bridgehead atoms. The van der Waals surface area contributed by atoms with E-state index in [-0.39, 0.29) is 24.8 Å². The molecule has 29 heavy (non-hydrogen) atoms. The Morgan fingerprint density at radius 3 is 2.72 bits per heavy atom. The minimum Gasteiger partial charge on any atom is -0.463 e. The topological polar surface area (TPSA) is 35.5 Å². The quantitative estimate of drug-likeness (QED) is 0.268. The molecule has 1 heterocycles. The van der Waals surface area contributed by atoms with E-state index in [0.29, 0.717) is 0 Å². The van der Waals surface area contributed by atoms with E-state index in [0.717, 1.165) is 45.5 Å². The van der Waals surface area contributed by atoms with Crippen molar-refractivity contribution >= 4 is 39.1 Å². The second-order valence-electron chi connectivity index (χ2n) is 7.09. The van der Waals surface area contributed by atoms with Crippen LogP contribution in [0.5, 0.6) is 0 Å². The highest BCUT2D eigenvalue weighted by Gasteiger charge is 2.21. The highest BCUT2D eigenvalue weighted by molar-refractivity contribution is 9.09. The number of esters is 1. The number of allylic oxidation sites excluding steroid dienone is 1. The highest BCUT2D eigenvalue weighted by atomic mass is 79.9. The number of carbonyl (C=O) groups excluding carboxylic acids is 1. The minimum atomic E-state index is -0.302. The van der Waals surface area contributed by atoms with E-state index in [2.05, 4.69) is 58.9 Å². The summed E-state index contributed by atoms with van der Waals surface area (Å²) in [6.07, 6.45) is 5.23. The monoisotopic (exact) mass is 474 g/mol. The van der Waals surface area contributed by atoms with Gasteiger partial charge in [-0.15, -0.1) is 0 Å². The van der Waals surface area contributed by atoms with Crippen LogP contribution in [0.15, 0.2) is 61.2 Å². The molecule has 0 radical (unpaired) electrons. The summed E-state index contributed by atoms with van der Waals surface area (Å²) in [5, 5.41) is 1.50. The SMILES string of the molecule is C=C(CBr)c1ccc(Cc2cc([C@@H]3CC=C[C@H](COC(C)=O)O3)ccc2Cl)cc1. The normalized spacial score (nSPS) is 18.4. The van der Waals surface area contributed by atoms with E-state index >= 15 is 0 Å². The molecular formula is C24H24BrClO3. The zero-order valence-corrected chi connectivity index (χ0v) is 18.7. The molecule has 152 valence electrons. The third kappa shape index (κ3) is 6.05. The first kappa shape index (κ1) is 21.8. The van der Waals surface area contributed by atoms with Crippen LogP contribution in [0.25, 0.3) is 5.57 Å². The van der Waals surface area contributed by atoms with Gasteiger partial charge in [-0.3, -0.25) is 4.79 Å². The van der Waals surface area contributed by atoms with Gasteiger partial charge in [0.2, 0.25) is 0 Å². The summed E-state index contributed by atoms with van der Waals surface area (Å²) in [7, 11) is 0. The number of ether oxygens (including phenoxy) is 2. The van der Waals surface area contributed by atoms with Crippen molar-refractivity contribution in [3.05, 3.63) is 88.5 Å². The molecule has 3 rings (SSSR count). The third-order valence-electron chi connectivity index (χ3n) is 4.85. The summed E-state index contributed by atoms with van der Waals surface area (Å²) in [6, 6.07) is 14.4. The van der Waals surface area contributed by atoms with Crippen LogP contribution in [0, 0.1) is 0 Å². The predicted octanol–water partition coefficient (Wildman–Crippen LogP) is 6.29. The Bertz CT molecular complexity index is 905. The lowest BCUT2D eigenvalue weighted by Gasteiger charge is -2.26. The van der Waals surface area contributed by atoms with Gasteiger partial charge in [0.1, 0.15) is 12.7 Å². The van der Waals surface area contributed by atoms with E-state index < -0.39 is 0 Å². The maximum Gasteiger partial charge on any atom is 0.302 e. The van der Waals surface area contributed by atoms with Gasteiger partial charge in [-0.25, -0.2) is 0 Å². The number of hydrogen-bond acceptors (Lipinski definition) is 3. The second-order valence-corrected chi connectivity index (χ2v) is 8.06. The van der Waals surface area contributed by atoms with Crippen LogP contribution < -0.4 is 0 Å². The van der Waals surface area contributed by atoms with Crippen LogP contribution in [0.1, 0.15) is 41.7 Å². The molecule has 1 aliphatic rings. The van der Waals surface area contributed by atoms with E-state index in [4.69, 9.17) is 21.1 Å². The third-order valence-corrected chi connectivity index (χ3v) is 5.90. The molecule has 0 N–H and O–H groups in total. The number of carbonyl (C=O) groups is 1. The Morgan fingerprint density at radius 2 is 2.03 bits per heavy atom. The van der Waals surface area contributed by atoms with Crippen molar-refractivity contribution in [3.8, 4) is 0 Å². The van der Waals surface area contributed by atoms with Crippen molar-refractivity contribution in [2.24, 2.45) is 0 Å². The lowest BCUT2D eigenvalue weighted by atomic mass is 9.97. The maximum absolute atomic E-state index is 11.0. The first-order chi connectivity index (χ1) is 14.0. The standard InChI is InChI=1S/C24H24BrClO3/c1-16(14-25)19-8-6-18(7-9-19)12-21-13-20(10-11-23(21)26)24-5-3-4-22(29-24)15-28-17(2)27/h3-4,6-11,13,22,24H,1,5,12,14-15H2,2H3/t22-,24+/m1/s1. The average Bonchev–Trinajstić information content (AvgIpc) is 2.74. The zero-order valence-electron chi connectivity index (χ0n) is 16.4. The van der Waals surface area contributed by atoms with Crippen LogP contribution in [0.2, 0.25) is 5.02 Å². The molecule has 5 heteroatoms. The Labute approximate surface area is 185 Å². The summed E-state index contributed by atoms with van der Waals surface area (Å²) in [6.45, 7) is 5.68. The van der Waals surface area contributed by atoms with Crippen LogP contribution in [0.4, 0.5) is 0 Å². The smallest absolute Gasteiger partial charge is 0.302 e. The van der Waals surface area contributed by atoms with Crippen molar-refractivity contribution in [3.63, 3.8) is 0 Å². The molecule has 0 aromatic heterocycles. The minimum absolute atomic E-state index is 0.0822. The number of benzene rings is 2. The fourth-order valence-electron chi connectivity index (χ4n) is 3.26. The highest BCUT2D eigenvalue weighted by Crippen LogP contribution is 2.31. The molecule has 0 fully saturated rings. The molecule has 2 aromatic rings. The molecule has 2 aromatic carbocycles. The lowest BCUT2D eigenvalue weighted by Crippen LogP contribution is -2.24. The van der Waals surface area contributed by atoms with Gasteiger partial charge in [-0.2, -0.15) is 0 Å². The van der Waals surface area contributed by atoms with Crippen LogP contribution in [-0.4, -0.2) is 24.0 Å². The van der Waals surface area contributed by atoms with Gasteiger partial charge < -0.3 is 9.47 Å². The summed E-state index contributed by atoms with van der Waals surface area (Å²) in [5.74, 6) is -0.302. The van der Waals surface area contributed by atoms with Gasteiger partial charge in [0.25, 0.3) is 0 Å². The second kappa shape index (κ2) is 10.2. The van der Waals surface area contributed by atoms with E-state index in [1.165, 1.54) is 12.5 Å². The largest absolute Gasteiger partial charge is 0.463 e. The van der Waals surface area contributed by atoms with Gasteiger partial charge in [-0.05, 0) is 46.7 Å². The van der Waals surface area contributed by atoms with Gasteiger partial charge in [0.05, 0.1) is 6.10 Å². The van der Waals surface area contributed by atoms with Crippen LogP contribution >= 0.6 is 27.5 Å². The molecule has 2 atom stereocenters. The Balaban J connectivity index is 1.72. The van der Waals surface area contributed by atoms with Gasteiger partial charge in [0, 0.05) is 17.3 Å². The summed E-state index contributed by atoms with van der Waals surface area (Å²) >= 11 is 9.91. The zero-order chi connectivity index (χ0) is 20.8. The fraction of sp³-hybridized carbons (Fsp3) is 0.292. The molecule has 0 spiro atoms. The van der Waals surface area contributed by atoms with Crippen molar-refractivity contribution in [2.75, 3.05) is 11.9 Å². The number of alkyl halides is 1. The Hall–Kier alpha value is -1.88. The van der Waals surface area contributed by atoms with Gasteiger partial charge >= 0.3 is 5.97 Å². The lowest BCUT2D eigenvalue weighted by molar-refractivity contribution is -0.145. The van der Waals surface area contributed by atoms with Crippen LogP contribution in [-0.2, 0) is 20.7 Å². The Kier molecular flexibility index (Phi) is 7.70. The van der Waals surface area contributed by atoms with E-state index in [1.54, 1.807) is 0 Å². The number of hydrogen-bond donors (Lipinski definition) is 0. The Morgan fingerprint density at radius 1 is 1.28 bits per heavy atom. The molecule has 0 unspecified atom stereocenters. The molecule has 3 nitrogen and oxygen atoms in total. The summed E-state index contributed by atoms with van der Waals surface area (Å²) < 4.78 is 11.2. The van der Waals surface area contributed by atoms with Crippen molar-refractivity contribution in [2.45, 2.75) is 32.0 Å². The molecule has 0 saturated carbocycles. The first-order valence-corrected chi connectivity index (χ1v) is 11.0. The summed E-state index contributed by atoms with van der Waals surface area (Å²) in [5.41, 5.74) is 5.51. The number of rotatable bonds is 7. The van der Waals surface area contributed by atoms with Gasteiger partial charge in [-0.1, -0.05) is 82.7 Å². The predicted molar refractivity (Wildman–Crippen MR) is 122 cm³/mol. The average molecular weight is 476 g/mol. The molecule has 0 amide bonds. The number of halogens is 2. The van der Waals surface area contributed by atoms with Crippen molar-refractivity contribution in [1.82, 2.24) is 0 Å². The molecule has 0 aliphatic carbocycles. The molecule has 0 saturated heterocycles. The van der Waals surface area contributed by atoms with E-state index in [9.17, 15) is 4.79 Å². The summed E-state index contributed by atoms with van der Waals surface area (Å²) in [4.78, 5) is 11.0. The molecular weight excluding hydrogens is 452 g/mol. The van der Waals surface area contributed by atoms with Crippen molar-refractivity contribution < 1.29 is 14.3 Å². The molecule has 1 aliphatic heterocycles. The van der Waals surface area contributed by atoms with Gasteiger partial charge in [0.15, 0.2) is 0 Å². The first-order valence-electron chi connectivity index (χ1n) is 9.53. The fourth-order valence-corrected chi connectivity index (χ4v) is 3.77. The van der Waals surface area contributed by atoms with Crippen molar-refractivity contribution in [1.29, 1.82) is 0 Å². The van der Waals surface area contributed by atoms with E-state index in [1.807, 2.05) is 18.2 Å².